The minimum atomic E-state index is -0.105. The second kappa shape index (κ2) is 6.80. The van der Waals surface area contributed by atoms with E-state index in [0.29, 0.717) is 18.9 Å². The van der Waals surface area contributed by atoms with Crippen LogP contribution in [-0.4, -0.2) is 50.8 Å². The first-order valence-electron chi connectivity index (χ1n) is 5.64. The summed E-state index contributed by atoms with van der Waals surface area (Å²) in [6.07, 6.45) is 1.63. The van der Waals surface area contributed by atoms with E-state index in [1.807, 2.05) is 14.0 Å². The van der Waals surface area contributed by atoms with E-state index in [1.165, 1.54) is 0 Å². The number of hydrogen-bond donors (Lipinski definition) is 0. The van der Waals surface area contributed by atoms with Crippen LogP contribution in [0.5, 0.6) is 0 Å². The normalized spacial score (nSPS) is 20.9. The molecule has 1 rings (SSSR count). The molecule has 1 aliphatic heterocycles. The van der Waals surface area contributed by atoms with Gasteiger partial charge in [0.05, 0.1) is 19.6 Å². The summed E-state index contributed by atoms with van der Waals surface area (Å²) < 4.78 is 10.2. The summed E-state index contributed by atoms with van der Waals surface area (Å²) in [5.74, 6) is 0.532. The average Bonchev–Trinajstić information content (AvgIpc) is 2.68. The monoisotopic (exact) mass is 215 g/mol. The summed E-state index contributed by atoms with van der Waals surface area (Å²) in [7, 11) is 2.04. The smallest absolute Gasteiger partial charge is 0.307 e. The van der Waals surface area contributed by atoms with Crippen molar-refractivity contribution < 1.29 is 14.3 Å². The SMILES string of the molecule is CCOC(=O)CCN(C)CC1CCOC1. The second-order valence-electron chi connectivity index (χ2n) is 4.05. The van der Waals surface area contributed by atoms with Crippen LogP contribution in [0.4, 0.5) is 0 Å². The zero-order chi connectivity index (χ0) is 11.1. The summed E-state index contributed by atoms with van der Waals surface area (Å²) in [6.45, 7) is 5.84. The van der Waals surface area contributed by atoms with Crippen molar-refractivity contribution in [1.29, 1.82) is 0 Å². The number of carbonyl (C=O) groups is 1. The lowest BCUT2D eigenvalue weighted by atomic mass is 10.1. The second-order valence-corrected chi connectivity index (χ2v) is 4.05. The summed E-state index contributed by atoms with van der Waals surface area (Å²) in [6, 6.07) is 0. The van der Waals surface area contributed by atoms with Crippen molar-refractivity contribution in [3.63, 3.8) is 0 Å². The molecule has 4 heteroatoms. The van der Waals surface area contributed by atoms with Crippen molar-refractivity contribution >= 4 is 5.97 Å². The Morgan fingerprint density at radius 1 is 1.60 bits per heavy atom. The van der Waals surface area contributed by atoms with Crippen LogP contribution in [0.3, 0.4) is 0 Å². The van der Waals surface area contributed by atoms with Gasteiger partial charge in [-0.3, -0.25) is 4.79 Å². The summed E-state index contributed by atoms with van der Waals surface area (Å²) >= 11 is 0. The number of ether oxygens (including phenoxy) is 2. The van der Waals surface area contributed by atoms with Crippen LogP contribution in [0.2, 0.25) is 0 Å². The largest absolute Gasteiger partial charge is 0.466 e. The standard InChI is InChI=1S/C11H21NO3/c1-3-15-11(13)4-6-12(2)8-10-5-7-14-9-10/h10H,3-9H2,1-2H3. The maximum Gasteiger partial charge on any atom is 0.307 e. The molecule has 0 aromatic rings. The Balaban J connectivity index is 2.07. The third kappa shape index (κ3) is 5.14. The minimum Gasteiger partial charge on any atom is -0.466 e. The molecule has 1 aliphatic rings. The molecular formula is C11H21NO3. The van der Waals surface area contributed by atoms with Crippen LogP contribution < -0.4 is 0 Å². The Labute approximate surface area is 91.5 Å². The van der Waals surface area contributed by atoms with Gasteiger partial charge in [-0.05, 0) is 26.3 Å². The number of carbonyl (C=O) groups excluding carboxylic acids is 1. The Morgan fingerprint density at radius 3 is 3.00 bits per heavy atom. The van der Waals surface area contributed by atoms with E-state index in [9.17, 15) is 4.79 Å². The van der Waals surface area contributed by atoms with E-state index < -0.39 is 0 Å². The first kappa shape index (κ1) is 12.5. The predicted molar refractivity (Wildman–Crippen MR) is 57.7 cm³/mol. The fourth-order valence-corrected chi connectivity index (χ4v) is 1.77. The Bertz CT molecular complexity index is 190. The van der Waals surface area contributed by atoms with Gasteiger partial charge < -0.3 is 14.4 Å². The van der Waals surface area contributed by atoms with Crippen LogP contribution in [0, 0.1) is 5.92 Å². The first-order valence-corrected chi connectivity index (χ1v) is 5.64. The summed E-state index contributed by atoms with van der Waals surface area (Å²) in [5.41, 5.74) is 0. The first-order chi connectivity index (χ1) is 7.22. The third-order valence-electron chi connectivity index (χ3n) is 2.60. The predicted octanol–water partition coefficient (Wildman–Crippen LogP) is 0.908. The zero-order valence-corrected chi connectivity index (χ0v) is 9.70. The molecule has 15 heavy (non-hydrogen) atoms. The van der Waals surface area contributed by atoms with Gasteiger partial charge in [0.25, 0.3) is 0 Å². The Kier molecular flexibility index (Phi) is 5.65. The van der Waals surface area contributed by atoms with E-state index in [2.05, 4.69) is 4.90 Å². The summed E-state index contributed by atoms with van der Waals surface area (Å²) in [5, 5.41) is 0. The molecule has 0 spiro atoms. The van der Waals surface area contributed by atoms with Crippen LogP contribution in [0.15, 0.2) is 0 Å². The number of rotatable bonds is 6. The van der Waals surface area contributed by atoms with E-state index in [0.717, 1.165) is 32.7 Å². The molecule has 0 amide bonds. The maximum atomic E-state index is 11.1. The van der Waals surface area contributed by atoms with Gasteiger partial charge in [-0.2, -0.15) is 0 Å². The van der Waals surface area contributed by atoms with Crippen LogP contribution in [0.25, 0.3) is 0 Å². The molecule has 1 atom stereocenters. The Morgan fingerprint density at radius 2 is 2.40 bits per heavy atom. The van der Waals surface area contributed by atoms with Gasteiger partial charge in [0.15, 0.2) is 0 Å². The lowest BCUT2D eigenvalue weighted by molar-refractivity contribution is -0.143. The average molecular weight is 215 g/mol. The van der Waals surface area contributed by atoms with Gasteiger partial charge in [0.1, 0.15) is 0 Å². The van der Waals surface area contributed by atoms with Gasteiger partial charge >= 0.3 is 5.97 Å². The number of nitrogens with zero attached hydrogens (tertiary/aromatic N) is 1. The molecule has 0 aromatic carbocycles. The highest BCUT2D eigenvalue weighted by molar-refractivity contribution is 5.69. The van der Waals surface area contributed by atoms with Gasteiger partial charge in [0, 0.05) is 19.7 Å². The zero-order valence-electron chi connectivity index (χ0n) is 9.70. The van der Waals surface area contributed by atoms with Crippen molar-refractivity contribution in [3.8, 4) is 0 Å². The molecule has 0 aliphatic carbocycles. The topological polar surface area (TPSA) is 38.8 Å². The van der Waals surface area contributed by atoms with Crippen molar-refractivity contribution in [2.75, 3.05) is 40.0 Å². The van der Waals surface area contributed by atoms with Crippen molar-refractivity contribution in [2.24, 2.45) is 5.92 Å². The van der Waals surface area contributed by atoms with Crippen molar-refractivity contribution in [1.82, 2.24) is 4.90 Å². The van der Waals surface area contributed by atoms with Gasteiger partial charge in [-0.25, -0.2) is 0 Å². The minimum absolute atomic E-state index is 0.105. The highest BCUT2D eigenvalue weighted by Crippen LogP contribution is 2.13. The lowest BCUT2D eigenvalue weighted by Crippen LogP contribution is -2.28. The molecule has 1 saturated heterocycles. The highest BCUT2D eigenvalue weighted by atomic mass is 16.5. The quantitative estimate of drug-likeness (QED) is 0.617. The number of hydrogen-bond acceptors (Lipinski definition) is 4. The van der Waals surface area contributed by atoms with E-state index in [-0.39, 0.29) is 5.97 Å². The molecule has 1 heterocycles. The summed E-state index contributed by atoms with van der Waals surface area (Å²) in [4.78, 5) is 13.3. The van der Waals surface area contributed by atoms with Crippen molar-refractivity contribution in [2.45, 2.75) is 19.8 Å². The molecule has 0 bridgehead atoms. The third-order valence-corrected chi connectivity index (χ3v) is 2.60. The van der Waals surface area contributed by atoms with Gasteiger partial charge in [-0.1, -0.05) is 0 Å². The van der Waals surface area contributed by atoms with Crippen LogP contribution in [-0.2, 0) is 14.3 Å². The molecule has 88 valence electrons. The van der Waals surface area contributed by atoms with Crippen LogP contribution >= 0.6 is 0 Å². The molecule has 1 unspecified atom stereocenters. The van der Waals surface area contributed by atoms with Crippen molar-refractivity contribution in [3.05, 3.63) is 0 Å². The van der Waals surface area contributed by atoms with Crippen LogP contribution in [0.1, 0.15) is 19.8 Å². The van der Waals surface area contributed by atoms with E-state index >= 15 is 0 Å². The molecule has 4 nitrogen and oxygen atoms in total. The van der Waals surface area contributed by atoms with E-state index in [4.69, 9.17) is 9.47 Å². The fraction of sp³-hybridized carbons (Fsp3) is 0.909. The molecule has 0 N–H and O–H groups in total. The molecular weight excluding hydrogens is 194 g/mol. The van der Waals surface area contributed by atoms with Gasteiger partial charge in [-0.15, -0.1) is 0 Å². The van der Waals surface area contributed by atoms with E-state index in [1.54, 1.807) is 0 Å². The molecule has 0 aromatic heterocycles. The number of esters is 1. The Hall–Kier alpha value is -0.610. The highest BCUT2D eigenvalue weighted by Gasteiger charge is 2.17. The molecule has 0 saturated carbocycles. The maximum absolute atomic E-state index is 11.1. The molecule has 0 radical (unpaired) electrons. The van der Waals surface area contributed by atoms with Gasteiger partial charge in [0.2, 0.25) is 0 Å². The lowest BCUT2D eigenvalue weighted by Gasteiger charge is -2.19. The fourth-order valence-electron chi connectivity index (χ4n) is 1.77. The molecule has 1 fully saturated rings.